The van der Waals surface area contributed by atoms with Gasteiger partial charge in [0, 0.05) is 11.8 Å². The summed E-state index contributed by atoms with van der Waals surface area (Å²) in [4.78, 5) is 12.8. The van der Waals surface area contributed by atoms with Crippen molar-refractivity contribution >= 4 is 27.3 Å². The Morgan fingerprint density at radius 2 is 1.64 bits per heavy atom. The van der Waals surface area contributed by atoms with E-state index >= 15 is 0 Å². The highest BCUT2D eigenvalue weighted by atomic mass is 32.2. The summed E-state index contributed by atoms with van der Waals surface area (Å²) in [6.07, 6.45) is 1.10. The minimum Gasteiger partial charge on any atom is -0.486 e. The fraction of sp³-hybridized carbons (Fsp3) is 0.350. The summed E-state index contributed by atoms with van der Waals surface area (Å²) in [5.41, 5.74) is 2.81. The highest BCUT2D eigenvalue weighted by molar-refractivity contribution is 7.92. The number of rotatable bonds is 5. The Balaban J connectivity index is 1.86. The quantitative estimate of drug-likeness (QED) is 0.828. The van der Waals surface area contributed by atoms with E-state index in [0.29, 0.717) is 36.1 Å². The molecule has 0 fully saturated rings. The number of benzene rings is 2. The lowest BCUT2D eigenvalue weighted by Gasteiger charge is -2.29. The van der Waals surface area contributed by atoms with Crippen LogP contribution in [0.5, 0.6) is 11.5 Å². The Bertz CT molecular complexity index is 983. The largest absolute Gasteiger partial charge is 0.486 e. The van der Waals surface area contributed by atoms with Gasteiger partial charge >= 0.3 is 0 Å². The van der Waals surface area contributed by atoms with Crippen molar-refractivity contribution in [2.75, 3.05) is 29.1 Å². The van der Waals surface area contributed by atoms with Crippen LogP contribution in [0.15, 0.2) is 36.4 Å². The zero-order valence-corrected chi connectivity index (χ0v) is 17.2. The van der Waals surface area contributed by atoms with E-state index in [0.717, 1.165) is 21.7 Å². The van der Waals surface area contributed by atoms with Gasteiger partial charge in [0.25, 0.3) is 0 Å². The van der Waals surface area contributed by atoms with Gasteiger partial charge in [-0.15, -0.1) is 0 Å². The lowest BCUT2D eigenvalue weighted by atomic mass is 10.1. The number of hydrogen-bond donors (Lipinski definition) is 1. The Morgan fingerprint density at radius 1 is 1.04 bits per heavy atom. The van der Waals surface area contributed by atoms with E-state index < -0.39 is 22.0 Å². The van der Waals surface area contributed by atoms with Crippen LogP contribution in [0, 0.1) is 13.8 Å². The topological polar surface area (TPSA) is 84.9 Å². The second kappa shape index (κ2) is 7.71. The van der Waals surface area contributed by atoms with Crippen molar-refractivity contribution in [3.05, 3.63) is 47.5 Å². The molecule has 8 heteroatoms. The van der Waals surface area contributed by atoms with Gasteiger partial charge in [0.1, 0.15) is 19.3 Å². The van der Waals surface area contributed by atoms with Gasteiger partial charge in [-0.2, -0.15) is 0 Å². The number of aryl methyl sites for hydroxylation is 2. The van der Waals surface area contributed by atoms with Gasteiger partial charge in [0.05, 0.1) is 11.9 Å². The molecule has 0 unspecified atom stereocenters. The zero-order chi connectivity index (χ0) is 20.5. The van der Waals surface area contributed by atoms with E-state index in [4.69, 9.17) is 9.47 Å². The molecule has 2 aromatic rings. The van der Waals surface area contributed by atoms with Gasteiger partial charge in [0.15, 0.2) is 11.5 Å². The Labute approximate surface area is 165 Å². The summed E-state index contributed by atoms with van der Waals surface area (Å²) in [6, 6.07) is 9.59. The van der Waals surface area contributed by atoms with Crippen LogP contribution in [0.1, 0.15) is 18.1 Å². The average molecular weight is 404 g/mol. The van der Waals surface area contributed by atoms with Crippen LogP contribution in [-0.4, -0.2) is 39.8 Å². The van der Waals surface area contributed by atoms with Crippen LogP contribution >= 0.6 is 0 Å². The van der Waals surface area contributed by atoms with Gasteiger partial charge in [-0.25, -0.2) is 8.42 Å². The van der Waals surface area contributed by atoms with Gasteiger partial charge in [-0.1, -0.05) is 6.07 Å². The molecule has 28 heavy (non-hydrogen) atoms. The molecule has 0 radical (unpaired) electrons. The molecule has 1 N–H and O–H groups in total. The van der Waals surface area contributed by atoms with Gasteiger partial charge in [-0.3, -0.25) is 9.10 Å². The van der Waals surface area contributed by atoms with Crippen LogP contribution in [0.3, 0.4) is 0 Å². The van der Waals surface area contributed by atoms with Crippen molar-refractivity contribution in [3.63, 3.8) is 0 Å². The molecular formula is C20H24N2O5S. The zero-order valence-electron chi connectivity index (χ0n) is 16.4. The maximum atomic E-state index is 12.8. The number of nitrogens with zero attached hydrogens (tertiary/aromatic N) is 1. The van der Waals surface area contributed by atoms with E-state index in [-0.39, 0.29) is 0 Å². The monoisotopic (exact) mass is 404 g/mol. The minimum atomic E-state index is -3.67. The van der Waals surface area contributed by atoms with E-state index in [1.807, 2.05) is 19.9 Å². The maximum absolute atomic E-state index is 12.8. The number of nitrogens with one attached hydrogen (secondary N) is 1. The van der Waals surface area contributed by atoms with Crippen LogP contribution in [-0.2, 0) is 14.8 Å². The Morgan fingerprint density at radius 3 is 2.25 bits per heavy atom. The predicted molar refractivity (Wildman–Crippen MR) is 109 cm³/mol. The molecule has 0 aliphatic carbocycles. The van der Waals surface area contributed by atoms with Crippen LogP contribution < -0.4 is 19.1 Å². The number of amides is 1. The van der Waals surface area contributed by atoms with Crippen molar-refractivity contribution in [2.24, 2.45) is 0 Å². The van der Waals surface area contributed by atoms with Gasteiger partial charge in [0.2, 0.25) is 15.9 Å². The summed E-state index contributed by atoms with van der Waals surface area (Å²) in [5.74, 6) is 0.720. The molecule has 0 spiro atoms. The molecule has 150 valence electrons. The maximum Gasteiger partial charge on any atom is 0.247 e. The normalized spacial score (nSPS) is 14.3. The standard InChI is InChI=1S/C20H24N2O5S/c1-13-9-14(2)11-17(10-13)22(28(4,24)25)15(3)20(23)21-16-5-6-18-19(12-16)27-8-7-26-18/h5-6,9-12,15H,7-8H2,1-4H3,(H,21,23)/t15-/m1/s1. The van der Waals surface area contributed by atoms with Crippen molar-refractivity contribution in [3.8, 4) is 11.5 Å². The van der Waals surface area contributed by atoms with Crippen LogP contribution in [0.4, 0.5) is 11.4 Å². The third-order valence-electron chi connectivity index (χ3n) is 4.36. The van der Waals surface area contributed by atoms with Crippen LogP contribution in [0.2, 0.25) is 0 Å². The van der Waals surface area contributed by atoms with Crippen molar-refractivity contribution in [1.29, 1.82) is 0 Å². The Hall–Kier alpha value is -2.74. The smallest absolute Gasteiger partial charge is 0.247 e. The summed E-state index contributed by atoms with van der Waals surface area (Å²) in [7, 11) is -3.67. The lowest BCUT2D eigenvalue weighted by Crippen LogP contribution is -2.45. The number of carbonyl (C=O) groups excluding carboxylic acids is 1. The third kappa shape index (κ3) is 4.39. The number of sulfonamides is 1. The summed E-state index contributed by atoms with van der Waals surface area (Å²) < 4.78 is 37.0. The molecule has 1 atom stereocenters. The first-order valence-corrected chi connectivity index (χ1v) is 10.8. The lowest BCUT2D eigenvalue weighted by molar-refractivity contribution is -0.116. The fourth-order valence-electron chi connectivity index (χ4n) is 3.25. The van der Waals surface area contributed by atoms with E-state index in [1.54, 1.807) is 37.3 Å². The summed E-state index contributed by atoms with van der Waals surface area (Å²) in [6.45, 7) is 6.25. The first-order chi connectivity index (χ1) is 13.1. The van der Waals surface area contributed by atoms with E-state index in [1.165, 1.54) is 0 Å². The molecule has 0 aromatic heterocycles. The summed E-state index contributed by atoms with van der Waals surface area (Å²) >= 11 is 0. The van der Waals surface area contributed by atoms with Crippen LogP contribution in [0.25, 0.3) is 0 Å². The third-order valence-corrected chi connectivity index (χ3v) is 5.60. The minimum absolute atomic E-state index is 0.440. The molecule has 0 saturated heterocycles. The molecule has 1 heterocycles. The van der Waals surface area contributed by atoms with Crippen molar-refractivity contribution < 1.29 is 22.7 Å². The second-order valence-electron chi connectivity index (χ2n) is 6.93. The first kappa shape index (κ1) is 20.0. The number of hydrogen-bond acceptors (Lipinski definition) is 5. The average Bonchev–Trinajstić information content (AvgIpc) is 2.59. The second-order valence-corrected chi connectivity index (χ2v) is 8.79. The summed E-state index contributed by atoms with van der Waals surface area (Å²) in [5, 5.41) is 2.76. The molecule has 1 aliphatic heterocycles. The molecule has 0 saturated carbocycles. The van der Waals surface area contributed by atoms with Crippen molar-refractivity contribution in [1.82, 2.24) is 0 Å². The number of carbonyl (C=O) groups is 1. The highest BCUT2D eigenvalue weighted by Gasteiger charge is 2.29. The number of fused-ring (bicyclic) bond motifs is 1. The highest BCUT2D eigenvalue weighted by Crippen LogP contribution is 2.33. The number of anilines is 2. The molecule has 3 rings (SSSR count). The Kier molecular flexibility index (Phi) is 5.51. The first-order valence-electron chi connectivity index (χ1n) is 8.93. The molecular weight excluding hydrogens is 380 g/mol. The number of ether oxygens (including phenoxy) is 2. The molecule has 1 aliphatic rings. The molecule has 7 nitrogen and oxygen atoms in total. The van der Waals surface area contributed by atoms with E-state index in [2.05, 4.69) is 5.32 Å². The van der Waals surface area contributed by atoms with Crippen molar-refractivity contribution in [2.45, 2.75) is 26.8 Å². The predicted octanol–water partition coefficient (Wildman–Crippen LogP) is 2.87. The fourth-order valence-corrected chi connectivity index (χ4v) is 4.41. The molecule has 2 aromatic carbocycles. The van der Waals surface area contributed by atoms with E-state index in [9.17, 15) is 13.2 Å². The van der Waals surface area contributed by atoms with Gasteiger partial charge in [-0.05, 0) is 56.2 Å². The SMILES string of the molecule is Cc1cc(C)cc(N([C@H](C)C(=O)Nc2ccc3c(c2)OCCO3)S(C)(=O)=O)c1. The molecule has 1 amide bonds. The van der Waals surface area contributed by atoms with Gasteiger partial charge < -0.3 is 14.8 Å². The molecule has 0 bridgehead atoms.